The zero-order valence-electron chi connectivity index (χ0n) is 16.7. The largest absolute Gasteiger partial charge is 0.497 e. The molecule has 0 bridgehead atoms. The molecular formula is C26H26O2. The van der Waals surface area contributed by atoms with E-state index in [9.17, 15) is 5.11 Å². The first-order valence-corrected chi connectivity index (χ1v) is 9.79. The first kappa shape index (κ1) is 18.5. The number of aliphatic hydroxyl groups is 1. The lowest BCUT2D eigenvalue weighted by molar-refractivity contribution is 0.238. The monoisotopic (exact) mass is 370 g/mol. The average molecular weight is 370 g/mol. The highest BCUT2D eigenvalue weighted by molar-refractivity contribution is 5.95. The third-order valence-electron chi connectivity index (χ3n) is 5.63. The van der Waals surface area contributed by atoms with Crippen molar-refractivity contribution in [2.45, 2.75) is 32.8 Å². The van der Waals surface area contributed by atoms with Crippen LogP contribution in [0.1, 0.15) is 45.9 Å². The van der Waals surface area contributed by atoms with E-state index in [2.05, 4.69) is 56.3 Å². The van der Waals surface area contributed by atoms with Crippen LogP contribution < -0.4 is 4.74 Å². The minimum Gasteiger partial charge on any atom is -0.497 e. The van der Waals surface area contributed by atoms with Gasteiger partial charge in [-0.1, -0.05) is 65.7 Å². The Hall–Kier alpha value is -2.84. The lowest BCUT2D eigenvalue weighted by Gasteiger charge is -2.28. The second-order valence-corrected chi connectivity index (χ2v) is 7.59. The van der Waals surface area contributed by atoms with Crippen molar-refractivity contribution in [2.75, 3.05) is 7.11 Å². The number of ether oxygens (including phenoxy) is 1. The van der Waals surface area contributed by atoms with E-state index in [0.717, 1.165) is 35.3 Å². The van der Waals surface area contributed by atoms with Gasteiger partial charge in [0, 0.05) is 0 Å². The summed E-state index contributed by atoms with van der Waals surface area (Å²) in [5.41, 5.74) is 9.32. The maximum Gasteiger partial charge on any atom is 0.118 e. The van der Waals surface area contributed by atoms with Crippen molar-refractivity contribution in [3.8, 4) is 5.75 Å². The molecule has 0 aliphatic heterocycles. The summed E-state index contributed by atoms with van der Waals surface area (Å²) in [6.45, 7) is 4.23. The van der Waals surface area contributed by atoms with E-state index >= 15 is 0 Å². The Bertz CT molecular complexity index is 1010. The van der Waals surface area contributed by atoms with Gasteiger partial charge in [-0.3, -0.25) is 0 Å². The summed E-state index contributed by atoms with van der Waals surface area (Å²) in [5, 5.41) is 11.4. The molecule has 1 aliphatic rings. The molecule has 3 aromatic rings. The van der Waals surface area contributed by atoms with E-state index in [-0.39, 0.29) is 0 Å². The van der Waals surface area contributed by atoms with Crippen LogP contribution in [0.25, 0.3) is 11.1 Å². The van der Waals surface area contributed by atoms with Gasteiger partial charge >= 0.3 is 0 Å². The summed E-state index contributed by atoms with van der Waals surface area (Å²) in [6, 6.07) is 22.9. The van der Waals surface area contributed by atoms with Crippen molar-refractivity contribution in [1.82, 2.24) is 0 Å². The summed E-state index contributed by atoms with van der Waals surface area (Å²) in [4.78, 5) is 0. The molecule has 1 atom stereocenters. The van der Waals surface area contributed by atoms with Crippen LogP contribution in [0.2, 0.25) is 0 Å². The molecule has 28 heavy (non-hydrogen) atoms. The molecule has 0 saturated carbocycles. The van der Waals surface area contributed by atoms with Gasteiger partial charge in [0.2, 0.25) is 0 Å². The van der Waals surface area contributed by atoms with Crippen molar-refractivity contribution in [1.29, 1.82) is 0 Å². The summed E-state index contributed by atoms with van der Waals surface area (Å²) < 4.78 is 5.27. The van der Waals surface area contributed by atoms with Gasteiger partial charge in [-0.15, -0.1) is 0 Å². The number of aliphatic hydroxyl groups excluding tert-OH is 1. The Labute approximate surface area is 167 Å². The smallest absolute Gasteiger partial charge is 0.118 e. The molecule has 4 rings (SSSR count). The minimum atomic E-state index is -0.677. The van der Waals surface area contributed by atoms with E-state index in [0.29, 0.717) is 0 Å². The number of hydrogen-bond acceptors (Lipinski definition) is 2. The summed E-state index contributed by atoms with van der Waals surface area (Å²) in [6.07, 6.45) is 1.25. The standard InChI is InChI=1S/C26H26O2/c1-17-4-7-19(8-5-17)23-15-11-21-16-18(2)6-14-24(21)25(23)26(27)20-9-12-22(28-3)13-10-20/h4-10,12-14,16,26-27H,11,15H2,1-3H3. The highest BCUT2D eigenvalue weighted by Gasteiger charge is 2.26. The van der Waals surface area contributed by atoms with Gasteiger partial charge in [-0.2, -0.15) is 0 Å². The van der Waals surface area contributed by atoms with Crippen LogP contribution in [-0.4, -0.2) is 12.2 Å². The van der Waals surface area contributed by atoms with Crippen LogP contribution in [0, 0.1) is 13.8 Å². The molecule has 0 radical (unpaired) electrons. The molecule has 1 unspecified atom stereocenters. The van der Waals surface area contributed by atoms with Crippen molar-refractivity contribution < 1.29 is 9.84 Å². The molecule has 0 spiro atoms. The Kier molecular flexibility index (Phi) is 5.06. The first-order valence-electron chi connectivity index (χ1n) is 9.79. The van der Waals surface area contributed by atoms with Gasteiger partial charge in [0.25, 0.3) is 0 Å². The highest BCUT2D eigenvalue weighted by atomic mass is 16.5. The second kappa shape index (κ2) is 7.65. The van der Waals surface area contributed by atoms with Gasteiger partial charge in [0.15, 0.2) is 0 Å². The van der Waals surface area contributed by atoms with E-state index in [1.807, 2.05) is 24.3 Å². The van der Waals surface area contributed by atoms with E-state index < -0.39 is 6.10 Å². The summed E-state index contributed by atoms with van der Waals surface area (Å²) in [7, 11) is 1.66. The topological polar surface area (TPSA) is 29.5 Å². The normalized spacial score (nSPS) is 14.6. The lowest BCUT2D eigenvalue weighted by Crippen LogP contribution is -2.11. The molecule has 1 N–H and O–H groups in total. The number of methoxy groups -OCH3 is 1. The van der Waals surface area contributed by atoms with E-state index in [1.165, 1.54) is 27.8 Å². The van der Waals surface area contributed by atoms with Crippen LogP contribution in [0.5, 0.6) is 5.75 Å². The fourth-order valence-electron chi connectivity index (χ4n) is 4.07. The van der Waals surface area contributed by atoms with Crippen molar-refractivity contribution in [3.63, 3.8) is 0 Å². The Morgan fingerprint density at radius 1 is 0.821 bits per heavy atom. The number of allylic oxidation sites excluding steroid dienone is 1. The molecule has 0 aromatic heterocycles. The Balaban J connectivity index is 1.88. The summed E-state index contributed by atoms with van der Waals surface area (Å²) in [5.74, 6) is 0.795. The fraction of sp³-hybridized carbons (Fsp3) is 0.231. The van der Waals surface area contributed by atoms with Crippen LogP contribution in [0.3, 0.4) is 0 Å². The van der Waals surface area contributed by atoms with Gasteiger partial charge in [-0.05, 0) is 72.2 Å². The number of fused-ring (bicyclic) bond motifs is 1. The van der Waals surface area contributed by atoms with Crippen LogP contribution in [0.4, 0.5) is 0 Å². The molecule has 3 aromatic carbocycles. The number of rotatable bonds is 4. The third-order valence-corrected chi connectivity index (χ3v) is 5.63. The zero-order chi connectivity index (χ0) is 19.7. The number of benzene rings is 3. The third kappa shape index (κ3) is 3.48. The maximum absolute atomic E-state index is 11.4. The van der Waals surface area contributed by atoms with Gasteiger partial charge in [0.1, 0.15) is 11.9 Å². The second-order valence-electron chi connectivity index (χ2n) is 7.59. The van der Waals surface area contributed by atoms with Crippen molar-refractivity contribution in [2.24, 2.45) is 0 Å². The SMILES string of the molecule is COc1ccc(C(O)C2=C(c3ccc(C)cc3)CCc3cc(C)ccc32)cc1. The van der Waals surface area contributed by atoms with Crippen molar-refractivity contribution in [3.05, 3.63) is 100 Å². The fourth-order valence-corrected chi connectivity index (χ4v) is 4.07. The average Bonchev–Trinajstić information content (AvgIpc) is 2.73. The minimum absolute atomic E-state index is 0.677. The summed E-state index contributed by atoms with van der Waals surface area (Å²) >= 11 is 0. The molecule has 2 heteroatoms. The van der Waals surface area contributed by atoms with Crippen LogP contribution >= 0.6 is 0 Å². The molecular weight excluding hydrogens is 344 g/mol. The number of hydrogen-bond donors (Lipinski definition) is 1. The maximum atomic E-state index is 11.4. The lowest BCUT2D eigenvalue weighted by atomic mass is 9.78. The van der Waals surface area contributed by atoms with E-state index in [1.54, 1.807) is 7.11 Å². The van der Waals surface area contributed by atoms with Gasteiger partial charge < -0.3 is 9.84 Å². The molecule has 142 valence electrons. The predicted molar refractivity (Wildman–Crippen MR) is 115 cm³/mol. The zero-order valence-corrected chi connectivity index (χ0v) is 16.7. The van der Waals surface area contributed by atoms with E-state index in [4.69, 9.17) is 4.74 Å². The molecule has 0 saturated heterocycles. The van der Waals surface area contributed by atoms with Crippen LogP contribution in [0.15, 0.2) is 66.7 Å². The molecule has 0 fully saturated rings. The molecule has 1 aliphatic carbocycles. The van der Waals surface area contributed by atoms with Crippen molar-refractivity contribution >= 4 is 11.1 Å². The van der Waals surface area contributed by atoms with Gasteiger partial charge in [-0.25, -0.2) is 0 Å². The first-order chi connectivity index (χ1) is 13.6. The molecule has 0 amide bonds. The molecule has 0 heterocycles. The van der Waals surface area contributed by atoms with Gasteiger partial charge in [0.05, 0.1) is 7.11 Å². The predicted octanol–water partition coefficient (Wildman–Crippen LogP) is 5.90. The Morgan fingerprint density at radius 2 is 1.50 bits per heavy atom. The molecule has 2 nitrogen and oxygen atoms in total. The van der Waals surface area contributed by atoms with Crippen LogP contribution in [-0.2, 0) is 6.42 Å². The highest BCUT2D eigenvalue weighted by Crippen LogP contribution is 2.44. The quantitative estimate of drug-likeness (QED) is 0.619. The number of aryl methyl sites for hydroxylation is 3. The Morgan fingerprint density at radius 3 is 2.18 bits per heavy atom.